The molecule has 0 rings (SSSR count). The van der Waals surface area contributed by atoms with Crippen molar-refractivity contribution in [3.63, 3.8) is 0 Å². The number of nitrogens with zero attached hydrogens (tertiary/aromatic N) is 1. The standard InChI is InChI=1S/C9H16N2O2/c1-8(10)11-7-5-3-2-4-6-9(12)13/h3,5H,2,4,6-7H2,1H3,(H2,10,11)(H,12,13). The first-order valence-electron chi connectivity index (χ1n) is 4.26. The molecule has 0 spiro atoms. The summed E-state index contributed by atoms with van der Waals surface area (Å²) in [5.74, 6) is -0.181. The minimum absolute atomic E-state index is 0.226. The number of allylic oxidation sites excluding steroid dienone is 1. The second kappa shape index (κ2) is 7.34. The van der Waals surface area contributed by atoms with Crippen LogP contribution in [0.25, 0.3) is 0 Å². The molecule has 0 bridgehead atoms. The number of hydrogen-bond donors (Lipinski definition) is 2. The van der Waals surface area contributed by atoms with Gasteiger partial charge < -0.3 is 10.8 Å². The van der Waals surface area contributed by atoms with E-state index in [2.05, 4.69) is 4.99 Å². The zero-order valence-corrected chi connectivity index (χ0v) is 7.86. The number of carboxylic acids is 1. The van der Waals surface area contributed by atoms with E-state index in [0.29, 0.717) is 18.8 Å². The first-order valence-corrected chi connectivity index (χ1v) is 4.26. The third-order valence-electron chi connectivity index (χ3n) is 1.37. The van der Waals surface area contributed by atoms with Gasteiger partial charge in [-0.3, -0.25) is 9.79 Å². The van der Waals surface area contributed by atoms with E-state index >= 15 is 0 Å². The third kappa shape index (κ3) is 10.7. The highest BCUT2D eigenvalue weighted by molar-refractivity contribution is 5.77. The molecule has 0 aliphatic rings. The summed E-state index contributed by atoms with van der Waals surface area (Å²) >= 11 is 0. The number of amidine groups is 1. The average Bonchev–Trinajstić information content (AvgIpc) is 2.01. The average molecular weight is 184 g/mol. The van der Waals surface area contributed by atoms with Crippen LogP contribution in [-0.2, 0) is 4.79 Å². The second-order valence-electron chi connectivity index (χ2n) is 2.74. The van der Waals surface area contributed by atoms with E-state index in [9.17, 15) is 4.79 Å². The lowest BCUT2D eigenvalue weighted by atomic mass is 10.2. The summed E-state index contributed by atoms with van der Waals surface area (Å²) < 4.78 is 0. The summed E-state index contributed by atoms with van der Waals surface area (Å²) in [5.41, 5.74) is 5.31. The van der Waals surface area contributed by atoms with Gasteiger partial charge in [-0.25, -0.2) is 0 Å². The Kier molecular flexibility index (Phi) is 6.59. The van der Waals surface area contributed by atoms with Crippen molar-refractivity contribution in [2.75, 3.05) is 6.54 Å². The molecular weight excluding hydrogens is 168 g/mol. The minimum Gasteiger partial charge on any atom is -0.481 e. The van der Waals surface area contributed by atoms with Crippen molar-refractivity contribution in [3.8, 4) is 0 Å². The van der Waals surface area contributed by atoms with Gasteiger partial charge in [0, 0.05) is 6.42 Å². The number of hydrogen-bond acceptors (Lipinski definition) is 2. The molecule has 0 atom stereocenters. The zero-order valence-electron chi connectivity index (χ0n) is 7.86. The van der Waals surface area contributed by atoms with Gasteiger partial charge in [0.05, 0.1) is 12.4 Å². The molecule has 0 saturated carbocycles. The van der Waals surface area contributed by atoms with Crippen molar-refractivity contribution < 1.29 is 9.90 Å². The van der Waals surface area contributed by atoms with Crippen LogP contribution in [0.5, 0.6) is 0 Å². The van der Waals surface area contributed by atoms with Gasteiger partial charge in [-0.15, -0.1) is 0 Å². The van der Waals surface area contributed by atoms with Crippen LogP contribution in [0.15, 0.2) is 17.1 Å². The van der Waals surface area contributed by atoms with Crippen LogP contribution in [0.2, 0.25) is 0 Å². The Balaban J connectivity index is 3.32. The topological polar surface area (TPSA) is 75.7 Å². The number of nitrogens with two attached hydrogens (primary N) is 1. The smallest absolute Gasteiger partial charge is 0.303 e. The molecule has 0 saturated heterocycles. The molecule has 0 aliphatic heterocycles. The van der Waals surface area contributed by atoms with Crippen LogP contribution in [-0.4, -0.2) is 23.5 Å². The molecule has 13 heavy (non-hydrogen) atoms. The van der Waals surface area contributed by atoms with Crippen molar-refractivity contribution in [1.29, 1.82) is 0 Å². The van der Waals surface area contributed by atoms with Crippen LogP contribution >= 0.6 is 0 Å². The third-order valence-corrected chi connectivity index (χ3v) is 1.37. The van der Waals surface area contributed by atoms with E-state index in [1.807, 2.05) is 12.2 Å². The van der Waals surface area contributed by atoms with Gasteiger partial charge in [-0.1, -0.05) is 12.2 Å². The van der Waals surface area contributed by atoms with Gasteiger partial charge in [0.25, 0.3) is 0 Å². The van der Waals surface area contributed by atoms with E-state index in [1.165, 1.54) is 0 Å². The Labute approximate surface area is 78.2 Å². The van der Waals surface area contributed by atoms with Gasteiger partial charge in [-0.2, -0.15) is 0 Å². The first-order chi connectivity index (χ1) is 6.13. The summed E-state index contributed by atoms with van der Waals surface area (Å²) in [6.45, 7) is 2.31. The molecule has 0 aromatic heterocycles. The molecule has 3 N–H and O–H groups in total. The van der Waals surface area contributed by atoms with Crippen LogP contribution in [0.1, 0.15) is 26.2 Å². The van der Waals surface area contributed by atoms with Crippen molar-refractivity contribution in [2.45, 2.75) is 26.2 Å². The largest absolute Gasteiger partial charge is 0.481 e. The maximum absolute atomic E-state index is 10.1. The Morgan fingerprint density at radius 3 is 2.77 bits per heavy atom. The molecule has 0 radical (unpaired) electrons. The fourth-order valence-electron chi connectivity index (χ4n) is 0.760. The van der Waals surface area contributed by atoms with Gasteiger partial charge in [-0.05, 0) is 19.8 Å². The van der Waals surface area contributed by atoms with Gasteiger partial charge in [0.2, 0.25) is 0 Å². The van der Waals surface area contributed by atoms with Gasteiger partial charge in [0.15, 0.2) is 0 Å². The molecule has 0 fully saturated rings. The zero-order chi connectivity index (χ0) is 10.1. The molecule has 0 heterocycles. The van der Waals surface area contributed by atoms with E-state index in [0.717, 1.165) is 6.42 Å². The Hall–Kier alpha value is -1.32. The molecule has 4 heteroatoms. The molecule has 0 aromatic carbocycles. The Bertz CT molecular complexity index is 206. The van der Waals surface area contributed by atoms with Gasteiger partial charge in [0.1, 0.15) is 0 Å². The predicted molar refractivity (Wildman–Crippen MR) is 52.8 cm³/mol. The minimum atomic E-state index is -0.746. The number of rotatable bonds is 6. The molecule has 74 valence electrons. The highest BCUT2D eigenvalue weighted by atomic mass is 16.4. The number of aliphatic carboxylic acids is 1. The lowest BCUT2D eigenvalue weighted by Crippen LogP contribution is -2.05. The summed E-state index contributed by atoms with van der Waals surface area (Å²) in [5, 5.41) is 8.33. The number of aliphatic imine (C=N–C) groups is 1. The maximum Gasteiger partial charge on any atom is 0.303 e. The maximum atomic E-state index is 10.1. The predicted octanol–water partition coefficient (Wildman–Crippen LogP) is 1.17. The second-order valence-corrected chi connectivity index (χ2v) is 2.74. The monoisotopic (exact) mass is 184 g/mol. The lowest BCUT2D eigenvalue weighted by molar-refractivity contribution is -0.137. The molecule has 0 aromatic rings. The van der Waals surface area contributed by atoms with Crippen LogP contribution in [0, 0.1) is 0 Å². The summed E-state index contributed by atoms with van der Waals surface area (Å²) in [4.78, 5) is 14.1. The van der Waals surface area contributed by atoms with Crippen LogP contribution < -0.4 is 5.73 Å². The number of unbranched alkanes of at least 4 members (excludes halogenated alkanes) is 1. The molecule has 4 nitrogen and oxygen atoms in total. The Morgan fingerprint density at radius 1 is 1.54 bits per heavy atom. The molecule has 0 aliphatic carbocycles. The van der Waals surface area contributed by atoms with Crippen molar-refractivity contribution in [1.82, 2.24) is 0 Å². The van der Waals surface area contributed by atoms with Crippen molar-refractivity contribution in [3.05, 3.63) is 12.2 Å². The van der Waals surface area contributed by atoms with E-state index in [-0.39, 0.29) is 6.42 Å². The van der Waals surface area contributed by atoms with Crippen molar-refractivity contribution in [2.24, 2.45) is 10.7 Å². The van der Waals surface area contributed by atoms with Crippen LogP contribution in [0.4, 0.5) is 0 Å². The van der Waals surface area contributed by atoms with E-state index < -0.39 is 5.97 Å². The summed E-state index contributed by atoms with van der Waals surface area (Å²) in [7, 11) is 0. The van der Waals surface area contributed by atoms with E-state index in [1.54, 1.807) is 6.92 Å². The highest BCUT2D eigenvalue weighted by Gasteiger charge is 1.92. The van der Waals surface area contributed by atoms with Gasteiger partial charge >= 0.3 is 5.97 Å². The number of carbonyl (C=O) groups is 1. The quantitative estimate of drug-likeness (QED) is 0.281. The molecular formula is C9H16N2O2. The van der Waals surface area contributed by atoms with Crippen LogP contribution in [0.3, 0.4) is 0 Å². The summed E-state index contributed by atoms with van der Waals surface area (Å²) in [6.07, 6.45) is 5.50. The number of carboxylic acid groups (broad SMARTS) is 1. The SMILES string of the molecule is CC(N)=NCC=CCCCC(=O)O. The highest BCUT2D eigenvalue weighted by Crippen LogP contribution is 1.96. The first kappa shape index (κ1) is 11.7. The lowest BCUT2D eigenvalue weighted by Gasteiger charge is -1.90. The van der Waals surface area contributed by atoms with E-state index in [4.69, 9.17) is 10.8 Å². The normalized spacial score (nSPS) is 12.2. The Morgan fingerprint density at radius 2 is 2.23 bits per heavy atom. The fourth-order valence-corrected chi connectivity index (χ4v) is 0.760. The molecule has 0 unspecified atom stereocenters. The fraction of sp³-hybridized carbons (Fsp3) is 0.556. The summed E-state index contributed by atoms with van der Waals surface area (Å²) in [6, 6.07) is 0. The molecule has 0 amide bonds. The van der Waals surface area contributed by atoms with Crippen molar-refractivity contribution >= 4 is 11.8 Å².